The average molecular weight is 273 g/mol. The average Bonchev–Trinajstić information content (AvgIpc) is 2.42. The molecule has 0 spiro atoms. The number of thioether (sulfide) groups is 1. The van der Waals surface area contributed by atoms with Crippen LogP contribution in [0.4, 0.5) is 0 Å². The molecule has 0 aromatic carbocycles. The number of nitrogens with one attached hydrogen (secondary N) is 1. The quantitative estimate of drug-likeness (QED) is 0.693. The minimum absolute atomic E-state index is 0.778. The van der Waals surface area contributed by atoms with E-state index in [0.717, 1.165) is 11.3 Å². The van der Waals surface area contributed by atoms with Crippen molar-refractivity contribution in [3.63, 3.8) is 0 Å². The largest absolute Gasteiger partial charge is 0.313 e. The molecular weight excluding hydrogens is 240 g/mol. The lowest BCUT2D eigenvalue weighted by Gasteiger charge is -2.32. The standard InChI is InChI=1S/C15H32N2S/c1-4-11-16-14-9-7-8-10-15(14)18-13-12-17(5-2)6-3/h14-16H,4-13H2,1-3H3. The fourth-order valence-corrected chi connectivity index (χ4v) is 4.20. The highest BCUT2D eigenvalue weighted by Gasteiger charge is 2.24. The second-order valence-electron chi connectivity index (χ2n) is 5.28. The van der Waals surface area contributed by atoms with E-state index in [1.807, 2.05) is 0 Å². The van der Waals surface area contributed by atoms with E-state index < -0.39 is 0 Å². The van der Waals surface area contributed by atoms with Crippen LogP contribution in [0.5, 0.6) is 0 Å². The van der Waals surface area contributed by atoms with Crippen LogP contribution in [0, 0.1) is 0 Å². The lowest BCUT2D eigenvalue weighted by atomic mass is 9.95. The molecule has 1 saturated carbocycles. The molecule has 108 valence electrons. The summed E-state index contributed by atoms with van der Waals surface area (Å²) in [7, 11) is 0. The Morgan fingerprint density at radius 1 is 1.11 bits per heavy atom. The Bertz CT molecular complexity index is 195. The number of hydrogen-bond donors (Lipinski definition) is 1. The van der Waals surface area contributed by atoms with Crippen LogP contribution in [-0.2, 0) is 0 Å². The normalized spacial score (nSPS) is 24.7. The molecule has 0 aromatic heterocycles. The lowest BCUT2D eigenvalue weighted by Crippen LogP contribution is -2.41. The highest BCUT2D eigenvalue weighted by atomic mass is 32.2. The van der Waals surface area contributed by atoms with Crippen molar-refractivity contribution in [2.45, 2.75) is 64.2 Å². The maximum absolute atomic E-state index is 3.75. The maximum atomic E-state index is 3.75. The van der Waals surface area contributed by atoms with Gasteiger partial charge in [-0.05, 0) is 38.9 Å². The zero-order valence-corrected chi connectivity index (χ0v) is 13.4. The lowest BCUT2D eigenvalue weighted by molar-refractivity contribution is 0.323. The van der Waals surface area contributed by atoms with Gasteiger partial charge in [-0.2, -0.15) is 11.8 Å². The van der Waals surface area contributed by atoms with Crippen molar-refractivity contribution in [3.8, 4) is 0 Å². The van der Waals surface area contributed by atoms with Gasteiger partial charge < -0.3 is 10.2 Å². The van der Waals surface area contributed by atoms with Crippen LogP contribution in [0.25, 0.3) is 0 Å². The van der Waals surface area contributed by atoms with Crippen LogP contribution in [-0.4, -0.2) is 48.1 Å². The van der Waals surface area contributed by atoms with Crippen molar-refractivity contribution in [1.29, 1.82) is 0 Å². The Morgan fingerprint density at radius 2 is 1.83 bits per heavy atom. The molecule has 1 N–H and O–H groups in total. The van der Waals surface area contributed by atoms with E-state index in [1.165, 1.54) is 64.0 Å². The Balaban J connectivity index is 2.24. The minimum Gasteiger partial charge on any atom is -0.313 e. The second kappa shape index (κ2) is 10.1. The summed E-state index contributed by atoms with van der Waals surface area (Å²) in [5.74, 6) is 1.30. The van der Waals surface area contributed by atoms with Gasteiger partial charge >= 0.3 is 0 Å². The molecule has 0 bridgehead atoms. The number of nitrogens with zero attached hydrogens (tertiary/aromatic N) is 1. The Kier molecular flexibility index (Phi) is 9.16. The number of rotatable bonds is 9. The first-order valence-electron chi connectivity index (χ1n) is 7.89. The topological polar surface area (TPSA) is 15.3 Å². The monoisotopic (exact) mass is 272 g/mol. The molecule has 0 amide bonds. The molecular formula is C15H32N2S. The van der Waals surface area contributed by atoms with Gasteiger partial charge in [0.05, 0.1) is 0 Å². The Labute approximate surface area is 118 Å². The van der Waals surface area contributed by atoms with Gasteiger partial charge in [0.15, 0.2) is 0 Å². The molecule has 0 aliphatic heterocycles. The van der Waals surface area contributed by atoms with Crippen LogP contribution in [0.3, 0.4) is 0 Å². The van der Waals surface area contributed by atoms with Crippen molar-refractivity contribution in [1.82, 2.24) is 10.2 Å². The van der Waals surface area contributed by atoms with Crippen LogP contribution in [0.2, 0.25) is 0 Å². The van der Waals surface area contributed by atoms with E-state index in [4.69, 9.17) is 0 Å². The highest BCUT2D eigenvalue weighted by molar-refractivity contribution is 8.00. The smallest absolute Gasteiger partial charge is 0.0201 e. The molecule has 0 radical (unpaired) electrons. The van der Waals surface area contributed by atoms with Crippen LogP contribution in [0.15, 0.2) is 0 Å². The van der Waals surface area contributed by atoms with E-state index in [9.17, 15) is 0 Å². The zero-order chi connectivity index (χ0) is 13.2. The molecule has 0 aromatic rings. The SMILES string of the molecule is CCCNC1CCCCC1SCCN(CC)CC. The fraction of sp³-hybridized carbons (Fsp3) is 1.00. The third kappa shape index (κ3) is 5.94. The Morgan fingerprint density at radius 3 is 2.50 bits per heavy atom. The molecule has 1 rings (SSSR count). The molecule has 2 atom stereocenters. The van der Waals surface area contributed by atoms with E-state index in [2.05, 4.69) is 42.7 Å². The van der Waals surface area contributed by atoms with E-state index >= 15 is 0 Å². The minimum atomic E-state index is 0.778. The third-order valence-corrected chi connectivity index (χ3v) is 5.40. The molecule has 1 aliphatic carbocycles. The fourth-order valence-electron chi connectivity index (χ4n) is 2.73. The van der Waals surface area contributed by atoms with E-state index in [1.54, 1.807) is 0 Å². The van der Waals surface area contributed by atoms with Crippen LogP contribution < -0.4 is 5.32 Å². The van der Waals surface area contributed by atoms with E-state index in [-0.39, 0.29) is 0 Å². The molecule has 3 heteroatoms. The first-order chi connectivity index (χ1) is 8.81. The van der Waals surface area contributed by atoms with Gasteiger partial charge in [0, 0.05) is 23.6 Å². The first kappa shape index (κ1) is 16.3. The summed E-state index contributed by atoms with van der Waals surface area (Å²) in [5, 5.41) is 4.61. The molecule has 2 unspecified atom stereocenters. The summed E-state index contributed by atoms with van der Waals surface area (Å²) in [5.41, 5.74) is 0. The Hall–Kier alpha value is 0.270. The summed E-state index contributed by atoms with van der Waals surface area (Å²) >= 11 is 2.21. The van der Waals surface area contributed by atoms with Crippen molar-refractivity contribution >= 4 is 11.8 Å². The van der Waals surface area contributed by atoms with Crippen molar-refractivity contribution < 1.29 is 0 Å². The molecule has 2 nitrogen and oxygen atoms in total. The van der Waals surface area contributed by atoms with Crippen molar-refractivity contribution in [2.75, 3.05) is 31.9 Å². The first-order valence-corrected chi connectivity index (χ1v) is 8.94. The number of hydrogen-bond acceptors (Lipinski definition) is 3. The molecule has 0 heterocycles. The van der Waals surface area contributed by atoms with Gasteiger partial charge in [-0.3, -0.25) is 0 Å². The van der Waals surface area contributed by atoms with Gasteiger partial charge in [0.25, 0.3) is 0 Å². The van der Waals surface area contributed by atoms with Gasteiger partial charge in [-0.15, -0.1) is 0 Å². The predicted octanol–water partition coefficient (Wildman–Crippen LogP) is 3.37. The van der Waals surface area contributed by atoms with Crippen LogP contribution >= 0.6 is 11.8 Å². The zero-order valence-electron chi connectivity index (χ0n) is 12.6. The summed E-state index contributed by atoms with van der Waals surface area (Å²) in [6.45, 7) is 11.6. The molecule has 18 heavy (non-hydrogen) atoms. The third-order valence-electron chi connectivity index (χ3n) is 3.99. The molecule has 1 aliphatic rings. The highest BCUT2D eigenvalue weighted by Crippen LogP contribution is 2.28. The predicted molar refractivity (Wildman–Crippen MR) is 84.6 cm³/mol. The van der Waals surface area contributed by atoms with Crippen molar-refractivity contribution in [3.05, 3.63) is 0 Å². The van der Waals surface area contributed by atoms with Gasteiger partial charge in [0.1, 0.15) is 0 Å². The van der Waals surface area contributed by atoms with Gasteiger partial charge in [-0.25, -0.2) is 0 Å². The maximum Gasteiger partial charge on any atom is 0.0201 e. The molecule has 1 fully saturated rings. The summed E-state index contributed by atoms with van der Waals surface area (Å²) < 4.78 is 0. The second-order valence-corrected chi connectivity index (χ2v) is 6.63. The summed E-state index contributed by atoms with van der Waals surface area (Å²) in [6.07, 6.45) is 6.93. The van der Waals surface area contributed by atoms with Gasteiger partial charge in [-0.1, -0.05) is 33.6 Å². The summed E-state index contributed by atoms with van der Waals surface area (Å²) in [6, 6.07) is 0.778. The molecule has 0 saturated heterocycles. The summed E-state index contributed by atoms with van der Waals surface area (Å²) in [4.78, 5) is 2.53. The van der Waals surface area contributed by atoms with E-state index in [0.29, 0.717) is 0 Å². The van der Waals surface area contributed by atoms with Crippen LogP contribution in [0.1, 0.15) is 52.9 Å². The van der Waals surface area contributed by atoms with Gasteiger partial charge in [0.2, 0.25) is 0 Å². The van der Waals surface area contributed by atoms with Crippen molar-refractivity contribution in [2.24, 2.45) is 0 Å².